The SMILES string of the molecule is CCNC(c1ncc[nH]1)c1ccccc1OC. The molecule has 4 heteroatoms. The highest BCUT2D eigenvalue weighted by molar-refractivity contribution is 5.38. The molecule has 17 heavy (non-hydrogen) atoms. The minimum Gasteiger partial charge on any atom is -0.496 e. The Hall–Kier alpha value is -1.81. The van der Waals surface area contributed by atoms with Gasteiger partial charge < -0.3 is 15.0 Å². The zero-order chi connectivity index (χ0) is 12.1. The van der Waals surface area contributed by atoms with E-state index in [0.717, 1.165) is 23.7 Å². The molecule has 1 atom stereocenters. The number of aromatic amines is 1. The van der Waals surface area contributed by atoms with Gasteiger partial charge in [0.25, 0.3) is 0 Å². The van der Waals surface area contributed by atoms with Crippen molar-refractivity contribution in [1.82, 2.24) is 15.3 Å². The summed E-state index contributed by atoms with van der Waals surface area (Å²) >= 11 is 0. The van der Waals surface area contributed by atoms with Gasteiger partial charge in [-0.2, -0.15) is 0 Å². The number of nitrogens with zero attached hydrogens (tertiary/aromatic N) is 1. The van der Waals surface area contributed by atoms with E-state index in [0.29, 0.717) is 0 Å². The van der Waals surface area contributed by atoms with Crippen LogP contribution in [-0.4, -0.2) is 23.6 Å². The van der Waals surface area contributed by atoms with Crippen molar-refractivity contribution in [1.29, 1.82) is 0 Å². The standard InChI is InChI=1S/C13H17N3O/c1-3-14-12(13-15-8-9-16-13)10-6-4-5-7-11(10)17-2/h4-9,12,14H,3H2,1-2H3,(H,15,16). The predicted octanol–water partition coefficient (Wildman–Crippen LogP) is 2.12. The molecule has 0 aliphatic rings. The van der Waals surface area contributed by atoms with Crippen LogP contribution < -0.4 is 10.1 Å². The maximum absolute atomic E-state index is 5.39. The van der Waals surface area contributed by atoms with E-state index in [4.69, 9.17) is 4.74 Å². The van der Waals surface area contributed by atoms with Gasteiger partial charge in [-0.15, -0.1) is 0 Å². The van der Waals surface area contributed by atoms with Crippen LogP contribution >= 0.6 is 0 Å². The second kappa shape index (κ2) is 5.50. The van der Waals surface area contributed by atoms with Crippen molar-refractivity contribution < 1.29 is 4.74 Å². The Morgan fingerprint density at radius 2 is 2.24 bits per heavy atom. The van der Waals surface area contributed by atoms with Crippen molar-refractivity contribution in [3.63, 3.8) is 0 Å². The van der Waals surface area contributed by atoms with Crippen LogP contribution in [0.5, 0.6) is 5.75 Å². The summed E-state index contributed by atoms with van der Waals surface area (Å²) in [5.74, 6) is 1.77. The molecule has 0 aliphatic carbocycles. The lowest BCUT2D eigenvalue weighted by molar-refractivity contribution is 0.403. The summed E-state index contributed by atoms with van der Waals surface area (Å²) in [6.07, 6.45) is 3.59. The topological polar surface area (TPSA) is 49.9 Å². The van der Waals surface area contributed by atoms with Gasteiger partial charge in [0.15, 0.2) is 0 Å². The quantitative estimate of drug-likeness (QED) is 0.828. The van der Waals surface area contributed by atoms with Crippen molar-refractivity contribution in [2.45, 2.75) is 13.0 Å². The maximum Gasteiger partial charge on any atom is 0.127 e. The lowest BCUT2D eigenvalue weighted by atomic mass is 10.1. The molecule has 0 spiro atoms. The Kier molecular flexibility index (Phi) is 3.77. The highest BCUT2D eigenvalue weighted by Gasteiger charge is 2.18. The average molecular weight is 231 g/mol. The monoisotopic (exact) mass is 231 g/mol. The first-order chi connectivity index (χ1) is 8.36. The molecule has 2 N–H and O–H groups in total. The Labute approximate surface area is 101 Å². The zero-order valence-electron chi connectivity index (χ0n) is 10.1. The number of nitrogens with one attached hydrogen (secondary N) is 2. The summed E-state index contributed by atoms with van der Waals surface area (Å²) in [7, 11) is 1.68. The van der Waals surface area contributed by atoms with Crippen molar-refractivity contribution >= 4 is 0 Å². The van der Waals surface area contributed by atoms with E-state index in [2.05, 4.69) is 28.3 Å². The van der Waals surface area contributed by atoms with Crippen molar-refractivity contribution in [3.05, 3.63) is 48.0 Å². The molecule has 0 bridgehead atoms. The fraction of sp³-hybridized carbons (Fsp3) is 0.308. The number of H-pyrrole nitrogens is 1. The molecule has 1 unspecified atom stereocenters. The number of rotatable bonds is 5. The highest BCUT2D eigenvalue weighted by Crippen LogP contribution is 2.27. The van der Waals surface area contributed by atoms with Crippen LogP contribution in [0.25, 0.3) is 0 Å². The van der Waals surface area contributed by atoms with E-state index < -0.39 is 0 Å². The number of para-hydroxylation sites is 1. The van der Waals surface area contributed by atoms with Gasteiger partial charge in [0.1, 0.15) is 11.6 Å². The summed E-state index contributed by atoms with van der Waals surface area (Å²) < 4.78 is 5.39. The molecule has 1 aromatic carbocycles. The molecule has 0 saturated heterocycles. The molecular weight excluding hydrogens is 214 g/mol. The van der Waals surface area contributed by atoms with E-state index in [-0.39, 0.29) is 6.04 Å². The van der Waals surface area contributed by atoms with Crippen molar-refractivity contribution in [2.24, 2.45) is 0 Å². The second-order valence-corrected chi connectivity index (χ2v) is 3.71. The van der Waals surface area contributed by atoms with Crippen LogP contribution in [0.15, 0.2) is 36.7 Å². The summed E-state index contributed by atoms with van der Waals surface area (Å²) in [5.41, 5.74) is 1.09. The van der Waals surface area contributed by atoms with Crippen LogP contribution in [0.4, 0.5) is 0 Å². The summed E-state index contributed by atoms with van der Waals surface area (Å²) in [5, 5.41) is 3.40. The van der Waals surface area contributed by atoms with Crippen LogP contribution in [0.2, 0.25) is 0 Å². The Bertz CT molecular complexity index is 453. The normalized spacial score (nSPS) is 12.4. The summed E-state index contributed by atoms with van der Waals surface area (Å²) in [6, 6.07) is 8.02. The van der Waals surface area contributed by atoms with Gasteiger partial charge in [-0.05, 0) is 12.6 Å². The number of benzene rings is 1. The minimum atomic E-state index is 0.0335. The van der Waals surface area contributed by atoms with Gasteiger partial charge in [0.2, 0.25) is 0 Å². The number of ether oxygens (including phenoxy) is 1. The maximum atomic E-state index is 5.39. The van der Waals surface area contributed by atoms with Gasteiger partial charge in [-0.25, -0.2) is 4.98 Å². The molecule has 1 aromatic heterocycles. The van der Waals surface area contributed by atoms with Crippen LogP contribution in [0, 0.1) is 0 Å². The van der Waals surface area contributed by atoms with E-state index in [1.54, 1.807) is 13.3 Å². The number of imidazole rings is 1. The van der Waals surface area contributed by atoms with Crippen LogP contribution in [-0.2, 0) is 0 Å². The van der Waals surface area contributed by atoms with E-state index in [9.17, 15) is 0 Å². The fourth-order valence-electron chi connectivity index (χ4n) is 1.90. The number of methoxy groups -OCH3 is 1. The minimum absolute atomic E-state index is 0.0335. The third kappa shape index (κ3) is 2.47. The molecule has 4 nitrogen and oxygen atoms in total. The average Bonchev–Trinajstić information content (AvgIpc) is 2.89. The smallest absolute Gasteiger partial charge is 0.127 e. The highest BCUT2D eigenvalue weighted by atomic mass is 16.5. The number of hydrogen-bond acceptors (Lipinski definition) is 3. The summed E-state index contributed by atoms with van der Waals surface area (Å²) in [4.78, 5) is 7.46. The third-order valence-electron chi connectivity index (χ3n) is 2.65. The van der Waals surface area contributed by atoms with Gasteiger partial charge >= 0.3 is 0 Å². The van der Waals surface area contributed by atoms with Crippen LogP contribution in [0.3, 0.4) is 0 Å². The van der Waals surface area contributed by atoms with Gasteiger partial charge in [-0.1, -0.05) is 25.1 Å². The van der Waals surface area contributed by atoms with Gasteiger partial charge in [0, 0.05) is 18.0 Å². The van der Waals surface area contributed by atoms with Crippen molar-refractivity contribution in [3.8, 4) is 5.75 Å². The summed E-state index contributed by atoms with van der Waals surface area (Å²) in [6.45, 7) is 2.94. The first-order valence-corrected chi connectivity index (χ1v) is 5.72. The number of aromatic nitrogens is 2. The molecule has 0 saturated carbocycles. The predicted molar refractivity (Wildman–Crippen MR) is 67.1 cm³/mol. The van der Waals surface area contributed by atoms with E-state index in [1.807, 2.05) is 24.4 Å². The second-order valence-electron chi connectivity index (χ2n) is 3.71. The first kappa shape index (κ1) is 11.7. The lowest BCUT2D eigenvalue weighted by Crippen LogP contribution is -2.23. The molecule has 2 rings (SSSR count). The first-order valence-electron chi connectivity index (χ1n) is 5.72. The van der Waals surface area contributed by atoms with E-state index >= 15 is 0 Å². The fourth-order valence-corrected chi connectivity index (χ4v) is 1.90. The van der Waals surface area contributed by atoms with Gasteiger partial charge in [-0.3, -0.25) is 0 Å². The third-order valence-corrected chi connectivity index (χ3v) is 2.65. The van der Waals surface area contributed by atoms with E-state index in [1.165, 1.54) is 0 Å². The van der Waals surface area contributed by atoms with Crippen LogP contribution in [0.1, 0.15) is 24.4 Å². The lowest BCUT2D eigenvalue weighted by Gasteiger charge is -2.18. The van der Waals surface area contributed by atoms with Crippen molar-refractivity contribution in [2.75, 3.05) is 13.7 Å². The largest absolute Gasteiger partial charge is 0.496 e. The molecule has 0 amide bonds. The Morgan fingerprint density at radius 3 is 2.88 bits per heavy atom. The zero-order valence-corrected chi connectivity index (χ0v) is 10.1. The molecule has 90 valence electrons. The molecular formula is C13H17N3O. The Morgan fingerprint density at radius 1 is 1.41 bits per heavy atom. The Balaban J connectivity index is 2.39. The molecule has 1 heterocycles. The molecule has 2 aromatic rings. The molecule has 0 aliphatic heterocycles. The molecule has 0 radical (unpaired) electrons. The molecule has 0 fully saturated rings. The van der Waals surface area contributed by atoms with Gasteiger partial charge in [0.05, 0.1) is 13.2 Å². The number of hydrogen-bond donors (Lipinski definition) is 2.